The van der Waals surface area contributed by atoms with Gasteiger partial charge >= 0.3 is 0 Å². The SMILES string of the molecule is Cc1ccc(N)cc1-c1cc(NC(=O)CCCCc2ccc3c(c2)OCO3)ccc1C. The summed E-state index contributed by atoms with van der Waals surface area (Å²) in [6.07, 6.45) is 3.17. The van der Waals surface area contributed by atoms with Crippen LogP contribution < -0.4 is 20.5 Å². The van der Waals surface area contributed by atoms with Crippen LogP contribution in [0.4, 0.5) is 11.4 Å². The summed E-state index contributed by atoms with van der Waals surface area (Å²) in [5.41, 5.74) is 13.2. The van der Waals surface area contributed by atoms with E-state index >= 15 is 0 Å². The van der Waals surface area contributed by atoms with E-state index in [-0.39, 0.29) is 12.7 Å². The number of carbonyl (C=O) groups excluding carboxylic acids is 1. The van der Waals surface area contributed by atoms with Crippen LogP contribution in [0.25, 0.3) is 11.1 Å². The summed E-state index contributed by atoms with van der Waals surface area (Å²) >= 11 is 0. The average Bonchev–Trinajstić information content (AvgIpc) is 3.22. The molecule has 0 radical (unpaired) electrons. The average molecular weight is 417 g/mol. The molecule has 1 amide bonds. The first kappa shape index (κ1) is 20.8. The second-order valence-electron chi connectivity index (χ2n) is 8.05. The summed E-state index contributed by atoms with van der Waals surface area (Å²) in [7, 11) is 0. The number of anilines is 2. The van der Waals surface area contributed by atoms with Crippen LogP contribution in [-0.4, -0.2) is 12.7 Å². The van der Waals surface area contributed by atoms with Gasteiger partial charge in [0.2, 0.25) is 12.7 Å². The summed E-state index contributed by atoms with van der Waals surface area (Å²) < 4.78 is 10.8. The zero-order valence-electron chi connectivity index (χ0n) is 18.0. The molecule has 1 heterocycles. The van der Waals surface area contributed by atoms with Crippen LogP contribution in [0.5, 0.6) is 11.5 Å². The molecule has 160 valence electrons. The van der Waals surface area contributed by atoms with Crippen LogP contribution in [0.1, 0.15) is 36.0 Å². The number of unbranched alkanes of at least 4 members (excludes halogenated alkanes) is 1. The van der Waals surface area contributed by atoms with Crippen molar-refractivity contribution in [2.24, 2.45) is 0 Å². The molecule has 3 N–H and O–H groups in total. The molecule has 1 aliphatic rings. The van der Waals surface area contributed by atoms with Gasteiger partial charge < -0.3 is 20.5 Å². The lowest BCUT2D eigenvalue weighted by Gasteiger charge is -2.13. The van der Waals surface area contributed by atoms with Crippen molar-refractivity contribution in [2.45, 2.75) is 39.5 Å². The lowest BCUT2D eigenvalue weighted by atomic mass is 9.95. The number of amides is 1. The van der Waals surface area contributed by atoms with Crippen LogP contribution in [0.3, 0.4) is 0 Å². The van der Waals surface area contributed by atoms with Gasteiger partial charge in [-0.3, -0.25) is 4.79 Å². The molecule has 0 bridgehead atoms. The van der Waals surface area contributed by atoms with Gasteiger partial charge in [-0.05, 0) is 97.3 Å². The van der Waals surface area contributed by atoms with Gasteiger partial charge in [-0.15, -0.1) is 0 Å². The van der Waals surface area contributed by atoms with Gasteiger partial charge in [0.1, 0.15) is 0 Å². The molecule has 0 aromatic heterocycles. The highest BCUT2D eigenvalue weighted by atomic mass is 16.7. The third kappa shape index (κ3) is 5.00. The van der Waals surface area contributed by atoms with Gasteiger partial charge in [0.15, 0.2) is 11.5 Å². The molecular weight excluding hydrogens is 388 g/mol. The van der Waals surface area contributed by atoms with Crippen molar-refractivity contribution < 1.29 is 14.3 Å². The maximum atomic E-state index is 12.5. The predicted octanol–water partition coefficient (Wildman–Crippen LogP) is 5.63. The van der Waals surface area contributed by atoms with Gasteiger partial charge in [-0.1, -0.05) is 18.2 Å². The first-order valence-corrected chi connectivity index (χ1v) is 10.6. The highest BCUT2D eigenvalue weighted by Crippen LogP contribution is 2.33. The Morgan fingerprint density at radius 2 is 1.65 bits per heavy atom. The second kappa shape index (κ2) is 9.13. The Morgan fingerprint density at radius 1 is 0.903 bits per heavy atom. The molecule has 3 aromatic carbocycles. The number of benzene rings is 3. The van der Waals surface area contributed by atoms with E-state index in [0.29, 0.717) is 6.42 Å². The molecule has 0 spiro atoms. The van der Waals surface area contributed by atoms with Crippen molar-refractivity contribution in [2.75, 3.05) is 17.8 Å². The van der Waals surface area contributed by atoms with Crippen LogP contribution in [0, 0.1) is 13.8 Å². The lowest BCUT2D eigenvalue weighted by Crippen LogP contribution is -2.11. The first-order chi connectivity index (χ1) is 15.0. The Labute approximate surface area is 183 Å². The first-order valence-electron chi connectivity index (χ1n) is 10.6. The number of nitrogen functional groups attached to an aromatic ring is 1. The molecule has 0 aliphatic carbocycles. The molecule has 31 heavy (non-hydrogen) atoms. The Balaban J connectivity index is 1.32. The van der Waals surface area contributed by atoms with Gasteiger partial charge in [-0.2, -0.15) is 0 Å². The molecule has 0 atom stereocenters. The maximum Gasteiger partial charge on any atom is 0.231 e. The molecule has 3 aromatic rings. The minimum absolute atomic E-state index is 0.0322. The van der Waals surface area contributed by atoms with E-state index in [1.54, 1.807) is 0 Å². The highest BCUT2D eigenvalue weighted by Gasteiger charge is 2.13. The summed E-state index contributed by atoms with van der Waals surface area (Å²) in [5, 5.41) is 3.04. The number of nitrogens with two attached hydrogens (primary N) is 1. The van der Waals surface area contributed by atoms with Crippen molar-refractivity contribution in [3.05, 3.63) is 71.3 Å². The van der Waals surface area contributed by atoms with Crippen molar-refractivity contribution in [3.63, 3.8) is 0 Å². The highest BCUT2D eigenvalue weighted by molar-refractivity contribution is 5.92. The van der Waals surface area contributed by atoms with Crippen molar-refractivity contribution >= 4 is 17.3 Å². The Kier molecular flexibility index (Phi) is 6.12. The summed E-state index contributed by atoms with van der Waals surface area (Å²) in [6.45, 7) is 4.43. The van der Waals surface area contributed by atoms with E-state index in [0.717, 1.165) is 64.4 Å². The number of ether oxygens (including phenoxy) is 2. The maximum absolute atomic E-state index is 12.5. The number of rotatable bonds is 7. The minimum Gasteiger partial charge on any atom is -0.454 e. The Morgan fingerprint density at radius 3 is 2.48 bits per heavy atom. The monoisotopic (exact) mass is 416 g/mol. The number of aryl methyl sites for hydroxylation is 3. The second-order valence-corrected chi connectivity index (χ2v) is 8.05. The van der Waals surface area contributed by atoms with Crippen molar-refractivity contribution in [3.8, 4) is 22.6 Å². The number of fused-ring (bicyclic) bond motifs is 1. The van der Waals surface area contributed by atoms with Gasteiger partial charge in [0.05, 0.1) is 0 Å². The fourth-order valence-corrected chi connectivity index (χ4v) is 3.85. The molecule has 0 fully saturated rings. The number of nitrogens with one attached hydrogen (secondary N) is 1. The Bertz CT molecular complexity index is 1110. The molecule has 0 saturated heterocycles. The summed E-state index contributed by atoms with van der Waals surface area (Å²) in [4.78, 5) is 12.5. The van der Waals surface area contributed by atoms with E-state index in [1.807, 2.05) is 48.5 Å². The molecule has 5 nitrogen and oxygen atoms in total. The molecule has 4 rings (SSSR count). The smallest absolute Gasteiger partial charge is 0.231 e. The molecule has 1 aliphatic heterocycles. The van der Waals surface area contributed by atoms with Crippen LogP contribution >= 0.6 is 0 Å². The number of hydrogen-bond acceptors (Lipinski definition) is 4. The van der Waals surface area contributed by atoms with Crippen molar-refractivity contribution in [1.82, 2.24) is 0 Å². The predicted molar refractivity (Wildman–Crippen MR) is 125 cm³/mol. The molecular formula is C26H28N2O3. The zero-order valence-corrected chi connectivity index (χ0v) is 18.0. The Hall–Kier alpha value is -3.47. The van der Waals surface area contributed by atoms with E-state index in [9.17, 15) is 4.79 Å². The van der Waals surface area contributed by atoms with Gasteiger partial charge in [0, 0.05) is 17.8 Å². The van der Waals surface area contributed by atoms with E-state index in [1.165, 1.54) is 5.56 Å². The van der Waals surface area contributed by atoms with Crippen molar-refractivity contribution in [1.29, 1.82) is 0 Å². The summed E-state index contributed by atoms with van der Waals surface area (Å²) in [5.74, 6) is 1.64. The quantitative estimate of drug-likeness (QED) is 0.386. The van der Waals surface area contributed by atoms with E-state index < -0.39 is 0 Å². The molecule has 5 heteroatoms. The topological polar surface area (TPSA) is 73.6 Å². The fourth-order valence-electron chi connectivity index (χ4n) is 3.85. The molecule has 0 saturated carbocycles. The zero-order chi connectivity index (χ0) is 21.8. The van der Waals surface area contributed by atoms with Gasteiger partial charge in [0.25, 0.3) is 0 Å². The molecule has 0 unspecified atom stereocenters. The van der Waals surface area contributed by atoms with E-state index in [4.69, 9.17) is 15.2 Å². The minimum atomic E-state index is 0.0322. The van der Waals surface area contributed by atoms with E-state index in [2.05, 4.69) is 25.2 Å². The van der Waals surface area contributed by atoms with Crippen LogP contribution in [0.15, 0.2) is 54.6 Å². The third-order valence-electron chi connectivity index (χ3n) is 5.63. The van der Waals surface area contributed by atoms with Crippen LogP contribution in [0.2, 0.25) is 0 Å². The standard InChI is InChI=1S/C26H28N2O3/c1-17-7-10-20(27)14-22(17)23-15-21(11-8-18(23)2)28-26(29)6-4-3-5-19-9-12-24-25(13-19)31-16-30-24/h7-15H,3-6,16,27H2,1-2H3,(H,28,29). The van der Waals surface area contributed by atoms with Gasteiger partial charge in [-0.25, -0.2) is 0 Å². The summed E-state index contributed by atoms with van der Waals surface area (Å²) in [6, 6.07) is 18.0. The third-order valence-corrected chi connectivity index (χ3v) is 5.63. The largest absolute Gasteiger partial charge is 0.454 e. The number of carbonyl (C=O) groups is 1. The van der Waals surface area contributed by atoms with Crippen LogP contribution in [-0.2, 0) is 11.2 Å². The lowest BCUT2D eigenvalue weighted by molar-refractivity contribution is -0.116. The fraction of sp³-hybridized carbons (Fsp3) is 0.269. The normalized spacial score (nSPS) is 12.1. The number of hydrogen-bond donors (Lipinski definition) is 2.